The van der Waals surface area contributed by atoms with Gasteiger partial charge in [-0.25, -0.2) is 9.59 Å². The molecule has 1 aromatic heterocycles. The highest BCUT2D eigenvalue weighted by Gasteiger charge is 2.09. The Morgan fingerprint density at radius 2 is 1.93 bits per heavy atom. The van der Waals surface area contributed by atoms with Crippen molar-refractivity contribution in [2.45, 2.75) is 39.5 Å². The van der Waals surface area contributed by atoms with E-state index in [-0.39, 0.29) is 19.1 Å². The molecule has 0 radical (unpaired) electrons. The van der Waals surface area contributed by atoms with Gasteiger partial charge >= 0.3 is 11.6 Å². The molecule has 27 heavy (non-hydrogen) atoms. The second-order valence-corrected chi connectivity index (χ2v) is 6.27. The maximum absolute atomic E-state index is 11.7. The number of ether oxygens (including phenoxy) is 2. The number of aryl methyl sites for hydroxylation is 1. The quantitative estimate of drug-likeness (QED) is 0.390. The van der Waals surface area contributed by atoms with E-state index in [9.17, 15) is 14.4 Å². The number of hydrogen-bond acceptors (Lipinski definition) is 6. The Morgan fingerprint density at radius 3 is 2.70 bits per heavy atom. The molecule has 1 amide bonds. The number of amides is 1. The van der Waals surface area contributed by atoms with E-state index in [2.05, 4.69) is 12.2 Å². The predicted octanol–water partition coefficient (Wildman–Crippen LogP) is 2.72. The minimum Gasteiger partial charge on any atom is -0.482 e. The molecule has 0 bridgehead atoms. The summed E-state index contributed by atoms with van der Waals surface area (Å²) in [5.74, 6) is -0.613. The van der Waals surface area contributed by atoms with Gasteiger partial charge in [0, 0.05) is 24.1 Å². The van der Waals surface area contributed by atoms with Crippen LogP contribution in [0.15, 0.2) is 33.5 Å². The Morgan fingerprint density at radius 1 is 1.11 bits per heavy atom. The number of unbranched alkanes of at least 4 members (excludes halogenated alkanes) is 3. The minimum atomic E-state index is -0.651. The maximum Gasteiger partial charge on any atom is 0.344 e. The number of carbonyl (C=O) groups excluding carboxylic acids is 2. The summed E-state index contributed by atoms with van der Waals surface area (Å²) in [6.07, 6.45) is 4.25. The number of hydrogen-bond donors (Lipinski definition) is 1. The fourth-order valence-corrected chi connectivity index (χ4v) is 2.56. The van der Waals surface area contributed by atoms with Crippen LogP contribution in [0.2, 0.25) is 0 Å². The smallest absolute Gasteiger partial charge is 0.344 e. The van der Waals surface area contributed by atoms with Gasteiger partial charge in [0.05, 0.1) is 0 Å². The van der Waals surface area contributed by atoms with Crippen molar-refractivity contribution in [3.63, 3.8) is 0 Å². The highest BCUT2D eigenvalue weighted by molar-refractivity contribution is 5.82. The van der Waals surface area contributed by atoms with Gasteiger partial charge in [0.15, 0.2) is 13.2 Å². The van der Waals surface area contributed by atoms with Crippen molar-refractivity contribution >= 4 is 22.8 Å². The summed E-state index contributed by atoms with van der Waals surface area (Å²) in [6, 6.07) is 6.38. The average molecular weight is 375 g/mol. The minimum absolute atomic E-state index is 0.331. The average Bonchev–Trinajstić information content (AvgIpc) is 2.64. The van der Waals surface area contributed by atoms with Gasteiger partial charge in [0.25, 0.3) is 5.91 Å². The molecule has 0 aliphatic rings. The Kier molecular flexibility index (Phi) is 7.85. The summed E-state index contributed by atoms with van der Waals surface area (Å²) in [5.41, 5.74) is 0.735. The zero-order chi connectivity index (χ0) is 19.6. The molecular weight excluding hydrogens is 350 g/mol. The molecular formula is C20H25NO6. The monoisotopic (exact) mass is 375 g/mol. The first-order valence-corrected chi connectivity index (χ1v) is 9.09. The largest absolute Gasteiger partial charge is 0.482 e. The Bertz CT molecular complexity index is 842. The van der Waals surface area contributed by atoms with Crippen molar-refractivity contribution < 1.29 is 23.5 Å². The van der Waals surface area contributed by atoms with Gasteiger partial charge in [-0.1, -0.05) is 26.2 Å². The van der Waals surface area contributed by atoms with Crippen LogP contribution >= 0.6 is 0 Å². The van der Waals surface area contributed by atoms with Gasteiger partial charge in [-0.3, -0.25) is 4.79 Å². The lowest BCUT2D eigenvalue weighted by Gasteiger charge is -2.08. The number of benzene rings is 1. The van der Waals surface area contributed by atoms with Crippen LogP contribution in [0.3, 0.4) is 0 Å². The number of rotatable bonds is 10. The highest BCUT2D eigenvalue weighted by Crippen LogP contribution is 2.22. The molecule has 0 aliphatic heterocycles. The third kappa shape index (κ3) is 6.77. The number of fused-ring (bicyclic) bond motifs is 1. The molecule has 0 atom stereocenters. The third-order valence-corrected chi connectivity index (χ3v) is 4.00. The second-order valence-electron chi connectivity index (χ2n) is 6.27. The van der Waals surface area contributed by atoms with Gasteiger partial charge in [0.1, 0.15) is 11.3 Å². The van der Waals surface area contributed by atoms with Crippen LogP contribution in [0.5, 0.6) is 5.75 Å². The predicted molar refractivity (Wildman–Crippen MR) is 101 cm³/mol. The lowest BCUT2D eigenvalue weighted by atomic mass is 10.1. The zero-order valence-corrected chi connectivity index (χ0v) is 15.7. The standard InChI is InChI=1S/C20H25NO6/c1-3-4-5-6-9-21-18(22)12-26-20(24)13-25-15-7-8-16-14(2)10-19(23)27-17(16)11-15/h7-8,10-11H,3-6,9,12-13H2,1-2H3,(H,21,22). The van der Waals surface area contributed by atoms with E-state index in [0.29, 0.717) is 17.9 Å². The number of carbonyl (C=O) groups is 2. The summed E-state index contributed by atoms with van der Waals surface area (Å²) in [5, 5.41) is 3.49. The van der Waals surface area contributed by atoms with Crippen molar-refractivity contribution in [2.24, 2.45) is 0 Å². The van der Waals surface area contributed by atoms with Crippen molar-refractivity contribution in [2.75, 3.05) is 19.8 Å². The molecule has 1 aromatic carbocycles. The van der Waals surface area contributed by atoms with E-state index in [4.69, 9.17) is 13.9 Å². The molecule has 1 N–H and O–H groups in total. The topological polar surface area (TPSA) is 94.8 Å². The number of esters is 1. The Labute approximate surface area is 157 Å². The second kappa shape index (κ2) is 10.4. The zero-order valence-electron chi connectivity index (χ0n) is 15.7. The van der Waals surface area contributed by atoms with Gasteiger partial charge in [-0.05, 0) is 31.0 Å². The molecule has 0 fully saturated rings. The van der Waals surface area contributed by atoms with E-state index in [0.717, 1.165) is 36.6 Å². The van der Waals surface area contributed by atoms with Crippen LogP contribution in [0.4, 0.5) is 0 Å². The van der Waals surface area contributed by atoms with Gasteiger partial charge < -0.3 is 19.2 Å². The van der Waals surface area contributed by atoms with Crippen molar-refractivity contribution in [3.8, 4) is 5.75 Å². The lowest BCUT2D eigenvalue weighted by Crippen LogP contribution is -2.30. The molecule has 1 heterocycles. The van der Waals surface area contributed by atoms with Crippen molar-refractivity contribution in [1.82, 2.24) is 5.32 Å². The molecule has 0 saturated carbocycles. The molecule has 7 nitrogen and oxygen atoms in total. The summed E-state index contributed by atoms with van der Waals surface area (Å²) in [7, 11) is 0. The van der Waals surface area contributed by atoms with Gasteiger partial charge in [0.2, 0.25) is 0 Å². The van der Waals surface area contributed by atoms with E-state index in [1.165, 1.54) is 6.07 Å². The van der Waals surface area contributed by atoms with E-state index in [1.54, 1.807) is 18.2 Å². The van der Waals surface area contributed by atoms with E-state index >= 15 is 0 Å². The van der Waals surface area contributed by atoms with Crippen LogP contribution in [-0.2, 0) is 14.3 Å². The third-order valence-electron chi connectivity index (χ3n) is 4.00. The van der Waals surface area contributed by atoms with E-state index in [1.807, 2.05) is 6.92 Å². The molecule has 7 heteroatoms. The Balaban J connectivity index is 1.74. The molecule has 2 aromatic rings. The maximum atomic E-state index is 11.7. The van der Waals surface area contributed by atoms with Crippen LogP contribution in [0, 0.1) is 6.92 Å². The first-order chi connectivity index (χ1) is 13.0. The van der Waals surface area contributed by atoms with Crippen LogP contribution in [-0.4, -0.2) is 31.6 Å². The first-order valence-electron chi connectivity index (χ1n) is 9.09. The van der Waals surface area contributed by atoms with Crippen molar-refractivity contribution in [1.29, 1.82) is 0 Å². The van der Waals surface area contributed by atoms with Gasteiger partial charge in [-0.2, -0.15) is 0 Å². The molecule has 146 valence electrons. The fraction of sp³-hybridized carbons (Fsp3) is 0.450. The summed E-state index contributed by atoms with van der Waals surface area (Å²) < 4.78 is 15.4. The SMILES string of the molecule is CCCCCCNC(=O)COC(=O)COc1ccc2c(C)cc(=O)oc2c1. The summed E-state index contributed by atoms with van der Waals surface area (Å²) in [6.45, 7) is 3.84. The molecule has 0 spiro atoms. The van der Waals surface area contributed by atoms with E-state index < -0.39 is 11.6 Å². The normalized spacial score (nSPS) is 10.6. The summed E-state index contributed by atoms with van der Waals surface area (Å²) in [4.78, 5) is 34.7. The molecule has 0 aliphatic carbocycles. The molecule has 0 unspecified atom stereocenters. The van der Waals surface area contributed by atoms with Crippen LogP contribution in [0.25, 0.3) is 11.0 Å². The van der Waals surface area contributed by atoms with Crippen LogP contribution in [0.1, 0.15) is 38.2 Å². The fourth-order valence-electron chi connectivity index (χ4n) is 2.56. The van der Waals surface area contributed by atoms with Crippen molar-refractivity contribution in [3.05, 3.63) is 40.2 Å². The Hall–Kier alpha value is -2.83. The van der Waals surface area contributed by atoms with Crippen LogP contribution < -0.4 is 15.7 Å². The van der Waals surface area contributed by atoms with Gasteiger partial charge in [-0.15, -0.1) is 0 Å². The first kappa shape index (κ1) is 20.5. The lowest BCUT2D eigenvalue weighted by molar-refractivity contribution is -0.150. The highest BCUT2D eigenvalue weighted by atomic mass is 16.6. The molecule has 0 saturated heterocycles. The number of nitrogens with one attached hydrogen (secondary N) is 1. The molecule has 2 rings (SSSR count). The summed E-state index contributed by atoms with van der Waals surface area (Å²) >= 11 is 0.